The third kappa shape index (κ3) is 2.34. The van der Waals surface area contributed by atoms with Gasteiger partial charge in [-0.3, -0.25) is 4.79 Å². The second-order valence-corrected chi connectivity index (χ2v) is 10.6. The molecule has 4 aliphatic carbocycles. The summed E-state index contributed by atoms with van der Waals surface area (Å²) in [5, 5.41) is 14.5. The fraction of sp³-hybridized carbons (Fsp3) is 0.826. The quantitative estimate of drug-likeness (QED) is 0.205. The van der Waals surface area contributed by atoms with E-state index in [0.29, 0.717) is 18.3 Å². The zero-order valence-corrected chi connectivity index (χ0v) is 18.4. The van der Waals surface area contributed by atoms with Crippen molar-refractivity contribution < 1.29 is 19.4 Å². The van der Waals surface area contributed by atoms with Crippen molar-refractivity contribution in [2.24, 2.45) is 50.9 Å². The molecule has 0 heterocycles. The molecule has 4 rings (SSSR count). The van der Waals surface area contributed by atoms with Crippen LogP contribution in [0.4, 0.5) is 0 Å². The fourth-order valence-corrected chi connectivity index (χ4v) is 8.17. The van der Waals surface area contributed by atoms with Gasteiger partial charge in [0.05, 0.1) is 24.7 Å². The first-order valence-electron chi connectivity index (χ1n) is 11.3. The molecule has 4 aliphatic rings. The molecule has 0 aromatic rings. The summed E-state index contributed by atoms with van der Waals surface area (Å²) in [5.41, 5.74) is 6.91. The molecule has 164 valence electrons. The second kappa shape index (κ2) is 7.10. The van der Waals surface area contributed by atoms with E-state index in [0.717, 1.165) is 31.1 Å². The van der Waals surface area contributed by atoms with Gasteiger partial charge in [-0.1, -0.05) is 50.9 Å². The molecule has 30 heavy (non-hydrogen) atoms. The summed E-state index contributed by atoms with van der Waals surface area (Å²) in [6.45, 7) is 8.66. The van der Waals surface area contributed by atoms with E-state index in [2.05, 4.69) is 23.0 Å². The molecule has 0 aromatic heterocycles. The highest BCUT2D eigenvalue weighted by molar-refractivity contribution is 5.90. The van der Waals surface area contributed by atoms with Crippen molar-refractivity contribution in [3.8, 4) is 0 Å². The van der Waals surface area contributed by atoms with Crippen LogP contribution in [0.2, 0.25) is 0 Å². The van der Waals surface area contributed by atoms with Gasteiger partial charge in [0.1, 0.15) is 11.7 Å². The SMILES string of the molecule is CC(C)C1=CC2CC3(C=O)C4CCC(C)C4CC2(COC[C@H](C)N=[N+]=[N-])C13C(=O)O. The molecule has 0 radical (unpaired) electrons. The van der Waals surface area contributed by atoms with Crippen molar-refractivity contribution >= 4 is 12.3 Å². The molecule has 7 heteroatoms. The van der Waals surface area contributed by atoms with Crippen LogP contribution in [0.3, 0.4) is 0 Å². The molecular formula is C23H33N3O4. The maximum absolute atomic E-state index is 13.2. The van der Waals surface area contributed by atoms with Gasteiger partial charge in [0, 0.05) is 10.3 Å². The first kappa shape index (κ1) is 21.4. The Hall–Kier alpha value is -1.85. The molecule has 0 aromatic carbocycles. The van der Waals surface area contributed by atoms with Gasteiger partial charge in [-0.2, -0.15) is 0 Å². The number of fused-ring (bicyclic) bond motifs is 2. The highest BCUT2D eigenvalue weighted by atomic mass is 16.5. The average Bonchev–Trinajstić information content (AvgIpc) is 3.25. The zero-order valence-electron chi connectivity index (χ0n) is 18.4. The van der Waals surface area contributed by atoms with E-state index in [1.54, 1.807) is 6.92 Å². The van der Waals surface area contributed by atoms with Crippen molar-refractivity contribution in [1.29, 1.82) is 0 Å². The molecule has 0 spiro atoms. The largest absolute Gasteiger partial charge is 0.481 e. The molecule has 0 saturated heterocycles. The topological polar surface area (TPSA) is 112 Å². The number of aldehydes is 1. The number of hydrogen-bond acceptors (Lipinski definition) is 4. The van der Waals surface area contributed by atoms with Crippen LogP contribution in [0.5, 0.6) is 0 Å². The third-order valence-electron chi connectivity index (χ3n) is 9.09. The lowest BCUT2D eigenvalue weighted by Gasteiger charge is -2.58. The summed E-state index contributed by atoms with van der Waals surface area (Å²) in [5.74, 6) is 0.196. The molecule has 0 amide bonds. The van der Waals surface area contributed by atoms with Crippen molar-refractivity contribution in [2.75, 3.05) is 13.2 Å². The van der Waals surface area contributed by atoms with E-state index in [9.17, 15) is 14.7 Å². The van der Waals surface area contributed by atoms with Gasteiger partial charge in [0.25, 0.3) is 0 Å². The number of carboxylic acid groups (broad SMARTS) is 1. The number of carbonyl (C=O) groups is 2. The average molecular weight is 416 g/mol. The van der Waals surface area contributed by atoms with Gasteiger partial charge in [-0.25, -0.2) is 0 Å². The highest BCUT2D eigenvalue weighted by Crippen LogP contribution is 2.82. The van der Waals surface area contributed by atoms with Crippen molar-refractivity contribution in [2.45, 2.75) is 59.4 Å². The monoisotopic (exact) mass is 415 g/mol. The van der Waals surface area contributed by atoms with E-state index >= 15 is 0 Å². The maximum atomic E-state index is 13.2. The number of allylic oxidation sites excluding steroid dienone is 1. The molecule has 3 fully saturated rings. The van der Waals surface area contributed by atoms with E-state index in [-0.39, 0.29) is 37.0 Å². The summed E-state index contributed by atoms with van der Waals surface area (Å²) >= 11 is 0. The number of hydrogen-bond donors (Lipinski definition) is 1. The predicted molar refractivity (Wildman–Crippen MR) is 111 cm³/mol. The van der Waals surface area contributed by atoms with E-state index < -0.39 is 22.2 Å². The van der Waals surface area contributed by atoms with Crippen LogP contribution in [0.1, 0.15) is 53.4 Å². The minimum absolute atomic E-state index is 0.0313. The van der Waals surface area contributed by atoms with Crippen molar-refractivity contribution in [3.63, 3.8) is 0 Å². The Morgan fingerprint density at radius 1 is 1.40 bits per heavy atom. The summed E-state index contributed by atoms with van der Waals surface area (Å²) in [4.78, 5) is 28.9. The summed E-state index contributed by atoms with van der Waals surface area (Å²) in [6.07, 6.45) is 6.59. The van der Waals surface area contributed by atoms with Crippen molar-refractivity contribution in [3.05, 3.63) is 22.1 Å². The summed E-state index contributed by atoms with van der Waals surface area (Å²) < 4.78 is 6.09. The van der Waals surface area contributed by atoms with Crippen LogP contribution in [0, 0.1) is 45.8 Å². The smallest absolute Gasteiger partial charge is 0.315 e. The molecule has 7 unspecified atom stereocenters. The van der Waals surface area contributed by atoms with Crippen LogP contribution in [0.25, 0.3) is 10.4 Å². The molecule has 4 bridgehead atoms. The lowest BCUT2D eigenvalue weighted by Crippen LogP contribution is -2.63. The minimum atomic E-state index is -1.20. The minimum Gasteiger partial charge on any atom is -0.481 e. The number of rotatable bonds is 8. The Balaban J connectivity index is 1.84. The van der Waals surface area contributed by atoms with Gasteiger partial charge >= 0.3 is 5.97 Å². The third-order valence-corrected chi connectivity index (χ3v) is 9.09. The Labute approximate surface area is 177 Å². The van der Waals surface area contributed by atoms with E-state index in [1.165, 1.54) is 0 Å². The molecule has 3 saturated carbocycles. The number of azide groups is 1. The van der Waals surface area contributed by atoms with Gasteiger partial charge in [0.2, 0.25) is 0 Å². The van der Waals surface area contributed by atoms with Crippen LogP contribution >= 0.6 is 0 Å². The zero-order chi connectivity index (χ0) is 21.9. The number of carboxylic acids is 1. The van der Waals surface area contributed by atoms with Crippen LogP contribution in [-0.4, -0.2) is 36.6 Å². The molecule has 1 N–H and O–H groups in total. The molecular weight excluding hydrogens is 382 g/mol. The Bertz CT molecular complexity index is 834. The van der Waals surface area contributed by atoms with Gasteiger partial charge < -0.3 is 14.6 Å². The highest BCUT2D eigenvalue weighted by Gasteiger charge is 2.84. The first-order chi connectivity index (χ1) is 14.2. The second-order valence-electron chi connectivity index (χ2n) is 10.6. The fourth-order valence-electron chi connectivity index (χ4n) is 8.17. The number of ether oxygens (including phenoxy) is 1. The number of nitrogens with zero attached hydrogens (tertiary/aromatic N) is 3. The standard InChI is InChI=1S/C23H33N3O4/c1-13(2)19-7-16-8-21(11-27)18-6-5-14(3)17(18)9-22(16,23(19,21)20(28)29)12-30-10-15(4)25-26-24/h7,11,13-18H,5-6,8-10,12H2,1-4H3,(H,28,29)/t14?,15-,16?,17?,18?,21?,22?,23?/m0/s1. The Morgan fingerprint density at radius 3 is 2.73 bits per heavy atom. The number of carbonyl (C=O) groups excluding carboxylic acids is 1. The first-order valence-corrected chi connectivity index (χ1v) is 11.3. The normalized spacial score (nSPS) is 44.4. The van der Waals surface area contributed by atoms with Gasteiger partial charge in [0.15, 0.2) is 0 Å². The lowest BCUT2D eigenvalue weighted by atomic mass is 9.43. The van der Waals surface area contributed by atoms with Crippen molar-refractivity contribution in [1.82, 2.24) is 0 Å². The Morgan fingerprint density at radius 2 is 2.13 bits per heavy atom. The van der Waals surface area contributed by atoms with E-state index in [4.69, 9.17) is 10.3 Å². The molecule has 0 aliphatic heterocycles. The Kier molecular flexibility index (Phi) is 5.06. The van der Waals surface area contributed by atoms with Crippen LogP contribution in [0.15, 0.2) is 16.8 Å². The van der Waals surface area contributed by atoms with Crippen LogP contribution in [-0.2, 0) is 14.3 Å². The maximum Gasteiger partial charge on any atom is 0.315 e. The number of aliphatic carboxylic acids is 1. The molecule has 7 nitrogen and oxygen atoms in total. The molecule has 8 atom stereocenters. The summed E-state index contributed by atoms with van der Waals surface area (Å²) in [7, 11) is 0. The van der Waals surface area contributed by atoms with Crippen LogP contribution < -0.4 is 0 Å². The lowest BCUT2D eigenvalue weighted by molar-refractivity contribution is -0.186. The van der Waals surface area contributed by atoms with Gasteiger partial charge in [-0.15, -0.1) is 0 Å². The predicted octanol–water partition coefficient (Wildman–Crippen LogP) is 4.63. The summed E-state index contributed by atoms with van der Waals surface area (Å²) in [6, 6.07) is -0.318. The van der Waals surface area contributed by atoms with Gasteiger partial charge in [-0.05, 0) is 54.4 Å². The van der Waals surface area contributed by atoms with E-state index in [1.807, 2.05) is 13.8 Å².